The molecule has 1 aromatic heterocycles. The average Bonchev–Trinajstić information content (AvgIpc) is 2.96. The second kappa shape index (κ2) is 6.38. The molecule has 0 aliphatic carbocycles. The van der Waals surface area contributed by atoms with Crippen molar-refractivity contribution in [3.63, 3.8) is 0 Å². The molecule has 1 aromatic carbocycles. The van der Waals surface area contributed by atoms with Crippen molar-refractivity contribution in [1.82, 2.24) is 9.88 Å². The Morgan fingerprint density at radius 3 is 2.90 bits per heavy atom. The SMILES string of the molecule is N#Cc1cccnc1NC1CCN(Cc2ccccc2)C1. The van der Waals surface area contributed by atoms with Crippen LogP contribution in [0.2, 0.25) is 0 Å². The van der Waals surface area contributed by atoms with Crippen molar-refractivity contribution in [3.05, 3.63) is 59.8 Å². The highest BCUT2D eigenvalue weighted by Crippen LogP contribution is 2.18. The molecule has 2 aromatic rings. The lowest BCUT2D eigenvalue weighted by Crippen LogP contribution is -2.26. The summed E-state index contributed by atoms with van der Waals surface area (Å²) in [5.74, 6) is 0.701. The Morgan fingerprint density at radius 1 is 1.24 bits per heavy atom. The van der Waals surface area contributed by atoms with Crippen molar-refractivity contribution in [1.29, 1.82) is 5.26 Å². The minimum absolute atomic E-state index is 0.357. The minimum Gasteiger partial charge on any atom is -0.365 e. The highest BCUT2D eigenvalue weighted by atomic mass is 15.2. The van der Waals surface area contributed by atoms with Crippen LogP contribution in [-0.2, 0) is 6.54 Å². The summed E-state index contributed by atoms with van der Waals surface area (Å²) >= 11 is 0. The highest BCUT2D eigenvalue weighted by molar-refractivity contribution is 5.51. The van der Waals surface area contributed by atoms with Crippen molar-refractivity contribution in [3.8, 4) is 6.07 Å². The van der Waals surface area contributed by atoms with E-state index in [4.69, 9.17) is 5.26 Å². The van der Waals surface area contributed by atoms with Crippen molar-refractivity contribution >= 4 is 5.82 Å². The van der Waals surface area contributed by atoms with E-state index < -0.39 is 0 Å². The molecule has 106 valence electrons. The van der Waals surface area contributed by atoms with Gasteiger partial charge in [0.2, 0.25) is 0 Å². The van der Waals surface area contributed by atoms with Gasteiger partial charge in [0.25, 0.3) is 0 Å². The summed E-state index contributed by atoms with van der Waals surface area (Å²) in [7, 11) is 0. The van der Waals surface area contributed by atoms with Crippen molar-refractivity contribution in [2.75, 3.05) is 18.4 Å². The fourth-order valence-corrected chi connectivity index (χ4v) is 2.74. The number of rotatable bonds is 4. The molecule has 1 aliphatic heterocycles. The first-order valence-electron chi connectivity index (χ1n) is 7.23. The van der Waals surface area contributed by atoms with Crippen molar-refractivity contribution in [2.24, 2.45) is 0 Å². The van der Waals surface area contributed by atoms with Gasteiger partial charge in [-0.25, -0.2) is 4.98 Å². The monoisotopic (exact) mass is 278 g/mol. The number of hydrogen-bond acceptors (Lipinski definition) is 4. The third-order valence-electron chi connectivity index (χ3n) is 3.79. The third-order valence-corrected chi connectivity index (χ3v) is 3.79. The molecule has 0 saturated carbocycles. The van der Waals surface area contributed by atoms with E-state index in [1.54, 1.807) is 18.3 Å². The molecule has 3 rings (SSSR count). The Labute approximate surface area is 125 Å². The summed E-state index contributed by atoms with van der Waals surface area (Å²) < 4.78 is 0. The Morgan fingerprint density at radius 2 is 2.10 bits per heavy atom. The first-order chi connectivity index (χ1) is 10.3. The highest BCUT2D eigenvalue weighted by Gasteiger charge is 2.23. The van der Waals surface area contributed by atoms with Gasteiger partial charge in [-0.05, 0) is 24.1 Å². The van der Waals surface area contributed by atoms with Crippen LogP contribution in [-0.4, -0.2) is 29.0 Å². The van der Waals surface area contributed by atoms with Gasteiger partial charge in [-0.1, -0.05) is 30.3 Å². The third kappa shape index (κ3) is 3.39. The Balaban J connectivity index is 1.59. The zero-order chi connectivity index (χ0) is 14.5. The minimum atomic E-state index is 0.357. The Kier molecular flexibility index (Phi) is 4.13. The normalized spacial score (nSPS) is 18.3. The van der Waals surface area contributed by atoms with Gasteiger partial charge in [-0.2, -0.15) is 5.26 Å². The molecule has 4 nitrogen and oxygen atoms in total. The maximum Gasteiger partial charge on any atom is 0.144 e. The van der Waals surface area contributed by atoms with E-state index in [2.05, 4.69) is 45.5 Å². The van der Waals surface area contributed by atoms with Crippen LogP contribution in [0, 0.1) is 11.3 Å². The molecule has 21 heavy (non-hydrogen) atoms. The molecule has 0 amide bonds. The standard InChI is InChI=1S/C17H18N4/c18-11-15-7-4-9-19-17(15)20-16-8-10-21(13-16)12-14-5-2-1-3-6-14/h1-7,9,16H,8,10,12-13H2,(H,19,20). The average molecular weight is 278 g/mol. The fraction of sp³-hybridized carbons (Fsp3) is 0.294. The molecule has 4 heteroatoms. The number of benzene rings is 1. The zero-order valence-electron chi connectivity index (χ0n) is 11.9. The van der Waals surface area contributed by atoms with Gasteiger partial charge in [0.05, 0.1) is 5.56 Å². The molecule has 0 spiro atoms. The van der Waals surface area contributed by atoms with Gasteiger partial charge in [-0.15, -0.1) is 0 Å². The van der Waals surface area contributed by atoms with Crippen LogP contribution < -0.4 is 5.32 Å². The fourth-order valence-electron chi connectivity index (χ4n) is 2.74. The van der Waals surface area contributed by atoms with Crippen molar-refractivity contribution in [2.45, 2.75) is 19.0 Å². The van der Waals surface area contributed by atoms with Gasteiger partial charge < -0.3 is 5.32 Å². The number of hydrogen-bond donors (Lipinski definition) is 1. The van der Waals surface area contributed by atoms with Gasteiger partial charge in [0.15, 0.2) is 0 Å². The maximum absolute atomic E-state index is 9.10. The summed E-state index contributed by atoms with van der Waals surface area (Å²) in [5, 5.41) is 12.5. The van der Waals surface area contributed by atoms with E-state index in [1.807, 2.05) is 6.07 Å². The van der Waals surface area contributed by atoms with Crippen LogP contribution in [0.15, 0.2) is 48.7 Å². The molecule has 0 radical (unpaired) electrons. The van der Waals surface area contributed by atoms with E-state index in [-0.39, 0.29) is 0 Å². The Hall–Kier alpha value is -2.38. The largest absolute Gasteiger partial charge is 0.365 e. The first kappa shape index (κ1) is 13.6. The van der Waals surface area contributed by atoms with E-state index in [0.29, 0.717) is 17.4 Å². The Bertz CT molecular complexity index is 633. The van der Waals surface area contributed by atoms with Gasteiger partial charge in [0.1, 0.15) is 11.9 Å². The van der Waals surface area contributed by atoms with Crippen LogP contribution >= 0.6 is 0 Å². The number of nitriles is 1. The number of pyridine rings is 1. The summed E-state index contributed by atoms with van der Waals surface area (Å²) in [6, 6.07) is 16.6. The lowest BCUT2D eigenvalue weighted by atomic mass is 10.2. The van der Waals surface area contributed by atoms with E-state index >= 15 is 0 Å². The summed E-state index contributed by atoms with van der Waals surface area (Å²) in [5.41, 5.74) is 1.95. The number of anilines is 1. The van der Waals surface area contributed by atoms with Crippen molar-refractivity contribution < 1.29 is 0 Å². The van der Waals surface area contributed by atoms with Crippen LogP contribution in [0.3, 0.4) is 0 Å². The van der Waals surface area contributed by atoms with Crippen LogP contribution in [0.4, 0.5) is 5.82 Å². The summed E-state index contributed by atoms with van der Waals surface area (Å²) in [6.07, 6.45) is 2.80. The van der Waals surface area contributed by atoms with Crippen LogP contribution in [0.1, 0.15) is 17.5 Å². The summed E-state index contributed by atoms with van der Waals surface area (Å²) in [4.78, 5) is 6.70. The number of nitrogens with one attached hydrogen (secondary N) is 1. The van der Waals surface area contributed by atoms with E-state index in [9.17, 15) is 0 Å². The lowest BCUT2D eigenvalue weighted by Gasteiger charge is -2.17. The van der Waals surface area contributed by atoms with Gasteiger partial charge >= 0.3 is 0 Å². The lowest BCUT2D eigenvalue weighted by molar-refractivity contribution is 0.328. The molecule has 1 unspecified atom stereocenters. The predicted octanol–water partition coefficient (Wildman–Crippen LogP) is 2.64. The smallest absolute Gasteiger partial charge is 0.144 e. The molecular formula is C17H18N4. The molecule has 1 aliphatic rings. The quantitative estimate of drug-likeness (QED) is 0.934. The number of likely N-dealkylation sites (tertiary alicyclic amines) is 1. The first-order valence-corrected chi connectivity index (χ1v) is 7.23. The molecule has 1 atom stereocenters. The molecule has 1 fully saturated rings. The maximum atomic E-state index is 9.10. The van der Waals surface area contributed by atoms with E-state index in [0.717, 1.165) is 26.1 Å². The molecule has 1 N–H and O–H groups in total. The molecule has 2 heterocycles. The second-order valence-corrected chi connectivity index (χ2v) is 5.36. The van der Waals surface area contributed by atoms with Gasteiger partial charge in [0, 0.05) is 31.9 Å². The molecule has 0 bridgehead atoms. The second-order valence-electron chi connectivity index (χ2n) is 5.36. The predicted molar refractivity (Wildman–Crippen MR) is 82.7 cm³/mol. The number of aromatic nitrogens is 1. The molecule has 1 saturated heterocycles. The van der Waals surface area contributed by atoms with Gasteiger partial charge in [-0.3, -0.25) is 4.90 Å². The van der Waals surface area contributed by atoms with Crippen LogP contribution in [0.25, 0.3) is 0 Å². The summed E-state index contributed by atoms with van der Waals surface area (Å²) in [6.45, 7) is 3.03. The zero-order valence-corrected chi connectivity index (χ0v) is 11.9. The van der Waals surface area contributed by atoms with Crippen LogP contribution in [0.5, 0.6) is 0 Å². The number of nitrogens with zero attached hydrogens (tertiary/aromatic N) is 3. The molecular weight excluding hydrogens is 260 g/mol. The van der Waals surface area contributed by atoms with E-state index in [1.165, 1.54) is 5.56 Å². The topological polar surface area (TPSA) is 52.0 Å².